The molecule has 2 nitrogen and oxygen atoms in total. The molecule has 0 saturated carbocycles. The van der Waals surface area contributed by atoms with Crippen molar-refractivity contribution in [2.24, 2.45) is 5.92 Å². The maximum atomic E-state index is 5.66. The lowest BCUT2D eigenvalue weighted by molar-refractivity contribution is 0.0896. The van der Waals surface area contributed by atoms with Crippen LogP contribution in [-0.4, -0.2) is 13.7 Å². The van der Waals surface area contributed by atoms with Crippen LogP contribution in [0.5, 0.6) is 5.75 Å². The summed E-state index contributed by atoms with van der Waals surface area (Å²) in [5.41, 5.74) is 1.09. The van der Waals surface area contributed by atoms with Gasteiger partial charge in [-0.3, -0.25) is 0 Å². The summed E-state index contributed by atoms with van der Waals surface area (Å²) in [5, 5.41) is 0. The first-order chi connectivity index (χ1) is 7.67. The summed E-state index contributed by atoms with van der Waals surface area (Å²) in [6.45, 7) is 5.78. The quantitative estimate of drug-likeness (QED) is 0.786. The fourth-order valence-corrected chi connectivity index (χ4v) is 1.67. The molecule has 1 unspecified atom stereocenters. The van der Waals surface area contributed by atoms with Crippen LogP contribution in [0.3, 0.4) is 0 Å². The molecule has 0 N–H and O–H groups in total. The first-order valence-corrected chi connectivity index (χ1v) is 6.36. The molecule has 0 spiro atoms. The highest BCUT2D eigenvalue weighted by Gasteiger charge is 2.05. The van der Waals surface area contributed by atoms with Crippen LogP contribution in [0.4, 0.5) is 0 Å². The first-order valence-electron chi connectivity index (χ1n) is 5.57. The second-order valence-corrected chi connectivity index (χ2v) is 4.90. The predicted molar refractivity (Wildman–Crippen MR) is 69.8 cm³/mol. The van der Waals surface area contributed by atoms with E-state index in [4.69, 9.17) is 9.47 Å². The predicted octanol–water partition coefficient (Wildman–Crippen LogP) is 4.02. The van der Waals surface area contributed by atoms with Gasteiger partial charge in [-0.25, -0.2) is 0 Å². The summed E-state index contributed by atoms with van der Waals surface area (Å²) in [6, 6.07) is 5.99. The van der Waals surface area contributed by atoms with Crippen molar-refractivity contribution >= 4 is 15.9 Å². The van der Waals surface area contributed by atoms with E-state index < -0.39 is 0 Å². The lowest BCUT2D eigenvalue weighted by Gasteiger charge is -2.12. The minimum Gasteiger partial charge on any atom is -0.496 e. The van der Waals surface area contributed by atoms with Crippen molar-refractivity contribution in [1.29, 1.82) is 0 Å². The molecule has 1 atom stereocenters. The van der Waals surface area contributed by atoms with Crippen LogP contribution in [0.1, 0.15) is 25.8 Å². The number of halogens is 1. The topological polar surface area (TPSA) is 18.5 Å². The molecule has 3 heteroatoms. The van der Waals surface area contributed by atoms with Gasteiger partial charge in [-0.2, -0.15) is 0 Å². The van der Waals surface area contributed by atoms with Gasteiger partial charge >= 0.3 is 0 Å². The van der Waals surface area contributed by atoms with Gasteiger partial charge in [-0.05, 0) is 18.1 Å². The van der Waals surface area contributed by atoms with E-state index in [2.05, 4.69) is 29.8 Å². The number of hydrogen-bond donors (Lipinski definition) is 0. The van der Waals surface area contributed by atoms with Crippen LogP contribution in [0.2, 0.25) is 0 Å². The summed E-state index contributed by atoms with van der Waals surface area (Å²) in [7, 11) is 1.68. The average molecular weight is 287 g/mol. The molecule has 0 bridgehead atoms. The van der Waals surface area contributed by atoms with Crippen molar-refractivity contribution < 1.29 is 9.47 Å². The Bertz CT molecular complexity index is 326. The molecular weight excluding hydrogens is 268 g/mol. The smallest absolute Gasteiger partial charge is 0.125 e. The van der Waals surface area contributed by atoms with Gasteiger partial charge in [0.05, 0.1) is 13.7 Å². The van der Waals surface area contributed by atoms with E-state index >= 15 is 0 Å². The third-order valence-electron chi connectivity index (χ3n) is 2.61. The van der Waals surface area contributed by atoms with E-state index in [-0.39, 0.29) is 0 Å². The Labute approximate surface area is 106 Å². The van der Waals surface area contributed by atoms with E-state index in [0.29, 0.717) is 12.5 Å². The molecule has 0 radical (unpaired) electrons. The zero-order chi connectivity index (χ0) is 12.0. The molecule has 0 fully saturated rings. The number of methoxy groups -OCH3 is 1. The third-order valence-corrected chi connectivity index (χ3v) is 3.10. The minimum absolute atomic E-state index is 0.612. The maximum absolute atomic E-state index is 5.66. The summed E-state index contributed by atoms with van der Waals surface area (Å²) < 4.78 is 12.0. The van der Waals surface area contributed by atoms with Gasteiger partial charge in [0.15, 0.2) is 0 Å². The Morgan fingerprint density at radius 1 is 1.38 bits per heavy atom. The fourth-order valence-electron chi connectivity index (χ4n) is 1.33. The zero-order valence-electron chi connectivity index (χ0n) is 10.1. The molecule has 0 aliphatic carbocycles. The summed E-state index contributed by atoms with van der Waals surface area (Å²) in [6.07, 6.45) is 1.15. The first kappa shape index (κ1) is 13.5. The molecule has 0 aliphatic heterocycles. The van der Waals surface area contributed by atoms with Crippen LogP contribution in [0, 0.1) is 5.92 Å². The lowest BCUT2D eigenvalue weighted by atomic mass is 10.1. The summed E-state index contributed by atoms with van der Waals surface area (Å²) >= 11 is 3.42. The van der Waals surface area contributed by atoms with E-state index in [1.54, 1.807) is 7.11 Å². The van der Waals surface area contributed by atoms with Crippen LogP contribution in [0.15, 0.2) is 22.7 Å². The van der Waals surface area contributed by atoms with Crippen molar-refractivity contribution in [2.75, 3.05) is 13.7 Å². The SMILES string of the molecule is CCC(C)COCc1ccc(Br)cc1OC. The van der Waals surface area contributed by atoms with Gasteiger partial charge in [0.1, 0.15) is 5.75 Å². The van der Waals surface area contributed by atoms with Gasteiger partial charge in [0.2, 0.25) is 0 Å². The fraction of sp³-hybridized carbons (Fsp3) is 0.538. The van der Waals surface area contributed by atoms with Crippen LogP contribution >= 0.6 is 15.9 Å². The van der Waals surface area contributed by atoms with E-state index in [1.165, 1.54) is 0 Å². The van der Waals surface area contributed by atoms with Gasteiger partial charge in [-0.15, -0.1) is 0 Å². The molecule has 16 heavy (non-hydrogen) atoms. The van der Waals surface area contributed by atoms with Crippen molar-refractivity contribution in [3.8, 4) is 5.75 Å². The Kier molecular flexibility index (Phi) is 5.85. The molecule has 1 aromatic carbocycles. The standard InChI is InChI=1S/C13H19BrO2/c1-4-10(2)8-16-9-11-5-6-12(14)7-13(11)15-3/h5-7,10H,4,8-9H2,1-3H3. The van der Waals surface area contributed by atoms with Crippen molar-refractivity contribution in [1.82, 2.24) is 0 Å². The zero-order valence-corrected chi connectivity index (χ0v) is 11.7. The van der Waals surface area contributed by atoms with Crippen molar-refractivity contribution in [2.45, 2.75) is 26.9 Å². The monoisotopic (exact) mass is 286 g/mol. The van der Waals surface area contributed by atoms with E-state index in [0.717, 1.165) is 28.8 Å². The van der Waals surface area contributed by atoms with Gasteiger partial charge < -0.3 is 9.47 Å². The highest BCUT2D eigenvalue weighted by molar-refractivity contribution is 9.10. The van der Waals surface area contributed by atoms with Crippen LogP contribution < -0.4 is 4.74 Å². The number of hydrogen-bond acceptors (Lipinski definition) is 2. The highest BCUT2D eigenvalue weighted by atomic mass is 79.9. The van der Waals surface area contributed by atoms with Crippen LogP contribution in [0.25, 0.3) is 0 Å². The number of rotatable bonds is 6. The minimum atomic E-state index is 0.612. The summed E-state index contributed by atoms with van der Waals surface area (Å²) in [5.74, 6) is 1.49. The van der Waals surface area contributed by atoms with Crippen LogP contribution in [-0.2, 0) is 11.3 Å². The Morgan fingerprint density at radius 3 is 2.75 bits per heavy atom. The number of ether oxygens (including phenoxy) is 2. The third kappa shape index (κ3) is 4.14. The van der Waals surface area contributed by atoms with Gasteiger partial charge in [-0.1, -0.05) is 42.3 Å². The molecule has 0 saturated heterocycles. The number of benzene rings is 1. The average Bonchev–Trinajstić information content (AvgIpc) is 2.30. The highest BCUT2D eigenvalue weighted by Crippen LogP contribution is 2.24. The molecule has 0 amide bonds. The summed E-state index contributed by atoms with van der Waals surface area (Å²) in [4.78, 5) is 0. The molecule has 0 aromatic heterocycles. The largest absolute Gasteiger partial charge is 0.496 e. The van der Waals surface area contributed by atoms with Gasteiger partial charge in [0, 0.05) is 16.6 Å². The molecule has 90 valence electrons. The second kappa shape index (κ2) is 6.92. The molecule has 0 aliphatic rings. The van der Waals surface area contributed by atoms with Crippen molar-refractivity contribution in [3.63, 3.8) is 0 Å². The molecule has 1 rings (SSSR count). The maximum Gasteiger partial charge on any atom is 0.125 e. The Morgan fingerprint density at radius 2 is 2.12 bits per heavy atom. The molecular formula is C13H19BrO2. The Hall–Kier alpha value is -0.540. The van der Waals surface area contributed by atoms with E-state index in [9.17, 15) is 0 Å². The molecule has 0 heterocycles. The lowest BCUT2D eigenvalue weighted by Crippen LogP contribution is -2.05. The second-order valence-electron chi connectivity index (χ2n) is 3.98. The Balaban J connectivity index is 2.53. The molecule has 1 aromatic rings. The van der Waals surface area contributed by atoms with E-state index in [1.807, 2.05) is 18.2 Å². The normalized spacial score (nSPS) is 12.5. The van der Waals surface area contributed by atoms with Crippen molar-refractivity contribution in [3.05, 3.63) is 28.2 Å². The van der Waals surface area contributed by atoms with Gasteiger partial charge in [0.25, 0.3) is 0 Å².